The number of carbonyl (C=O) groups is 1. The van der Waals surface area contributed by atoms with Gasteiger partial charge in [0.15, 0.2) is 0 Å². The molecule has 0 aromatic heterocycles. The van der Waals surface area contributed by atoms with Crippen molar-refractivity contribution < 1.29 is 14.3 Å². The van der Waals surface area contributed by atoms with Crippen molar-refractivity contribution in [3.05, 3.63) is 0 Å². The van der Waals surface area contributed by atoms with Gasteiger partial charge in [0.25, 0.3) is 0 Å². The number of hydrogen-bond acceptors (Lipinski definition) is 5. The molecule has 6 heteroatoms. The van der Waals surface area contributed by atoms with Crippen LogP contribution in [0.15, 0.2) is 0 Å². The predicted molar refractivity (Wildman–Crippen MR) is 67.5 cm³/mol. The minimum Gasteiger partial charge on any atom is -0.379 e. The van der Waals surface area contributed by atoms with Crippen molar-refractivity contribution >= 4 is 5.91 Å². The van der Waals surface area contributed by atoms with Crippen LogP contribution in [0.3, 0.4) is 0 Å². The van der Waals surface area contributed by atoms with Crippen LogP contribution in [-0.4, -0.2) is 87.9 Å². The van der Waals surface area contributed by atoms with Crippen molar-refractivity contribution in [1.29, 1.82) is 0 Å². The molecule has 0 spiro atoms. The van der Waals surface area contributed by atoms with Crippen molar-refractivity contribution in [3.63, 3.8) is 0 Å². The Hall–Kier alpha value is -0.690. The molecule has 2 heterocycles. The van der Waals surface area contributed by atoms with Gasteiger partial charge in [-0.25, -0.2) is 0 Å². The number of nitrogens with zero attached hydrogens (tertiary/aromatic N) is 2. The van der Waals surface area contributed by atoms with Crippen LogP contribution in [0.2, 0.25) is 0 Å². The summed E-state index contributed by atoms with van der Waals surface area (Å²) >= 11 is 0. The first-order chi connectivity index (χ1) is 8.86. The quantitative estimate of drug-likeness (QED) is 0.625. The molecule has 0 unspecified atom stereocenters. The average Bonchev–Trinajstić information content (AvgIpc) is 2.45. The first-order valence-corrected chi connectivity index (χ1v) is 6.72. The van der Waals surface area contributed by atoms with Crippen molar-refractivity contribution in [2.24, 2.45) is 0 Å². The molecule has 0 aromatic rings. The maximum absolute atomic E-state index is 11.8. The minimum absolute atomic E-state index is 0.181. The van der Waals surface area contributed by atoms with Crippen LogP contribution >= 0.6 is 0 Å². The largest absolute Gasteiger partial charge is 0.379 e. The Morgan fingerprint density at radius 2 is 1.61 bits per heavy atom. The van der Waals surface area contributed by atoms with Crippen LogP contribution in [0, 0.1) is 0 Å². The van der Waals surface area contributed by atoms with Crippen LogP contribution in [-0.2, 0) is 14.3 Å². The molecule has 0 radical (unpaired) electrons. The van der Waals surface area contributed by atoms with E-state index in [1.165, 1.54) is 0 Å². The number of amides is 1. The van der Waals surface area contributed by atoms with Gasteiger partial charge in [-0.1, -0.05) is 0 Å². The second-order valence-electron chi connectivity index (χ2n) is 4.62. The van der Waals surface area contributed by atoms with Gasteiger partial charge in [-0.3, -0.25) is 9.69 Å². The molecule has 2 fully saturated rings. The Bertz CT molecular complexity index is 251. The third-order valence-corrected chi connectivity index (χ3v) is 3.35. The van der Waals surface area contributed by atoms with E-state index >= 15 is 0 Å². The molecular formula is C12H23N3O3. The zero-order valence-corrected chi connectivity index (χ0v) is 10.9. The highest BCUT2D eigenvalue weighted by molar-refractivity contribution is 5.78. The lowest BCUT2D eigenvalue weighted by Gasteiger charge is -2.28. The van der Waals surface area contributed by atoms with Gasteiger partial charge >= 0.3 is 0 Å². The zero-order chi connectivity index (χ0) is 12.6. The molecule has 0 aliphatic carbocycles. The molecule has 2 aliphatic rings. The normalized spacial score (nSPS) is 22.1. The summed E-state index contributed by atoms with van der Waals surface area (Å²) in [6.45, 7) is 8.71. The standard InChI is InChI=1S/C12H23N3O3/c16-12(15-5-9-18-10-6-15)11-13-1-2-14-3-7-17-8-4-14/h13H,1-11H2. The number of carbonyl (C=O) groups excluding carboxylic acids is 1. The second-order valence-corrected chi connectivity index (χ2v) is 4.62. The number of morpholine rings is 2. The van der Waals surface area contributed by atoms with Gasteiger partial charge in [0.05, 0.1) is 33.0 Å². The molecule has 0 saturated carbocycles. The van der Waals surface area contributed by atoms with E-state index < -0.39 is 0 Å². The topological polar surface area (TPSA) is 54.0 Å². The number of rotatable bonds is 5. The molecule has 18 heavy (non-hydrogen) atoms. The first kappa shape index (κ1) is 13.7. The Morgan fingerprint density at radius 3 is 2.28 bits per heavy atom. The third kappa shape index (κ3) is 4.53. The van der Waals surface area contributed by atoms with E-state index in [4.69, 9.17) is 9.47 Å². The van der Waals surface area contributed by atoms with Gasteiger partial charge in [0.1, 0.15) is 0 Å². The first-order valence-electron chi connectivity index (χ1n) is 6.72. The Balaban J connectivity index is 1.52. The molecule has 0 bridgehead atoms. The van der Waals surface area contributed by atoms with Gasteiger partial charge < -0.3 is 19.7 Å². The van der Waals surface area contributed by atoms with E-state index in [2.05, 4.69) is 10.2 Å². The summed E-state index contributed by atoms with van der Waals surface area (Å²) in [5.41, 5.74) is 0. The van der Waals surface area contributed by atoms with Crippen LogP contribution in [0.25, 0.3) is 0 Å². The van der Waals surface area contributed by atoms with Gasteiger partial charge in [0.2, 0.25) is 5.91 Å². The lowest BCUT2D eigenvalue weighted by Crippen LogP contribution is -2.46. The maximum Gasteiger partial charge on any atom is 0.236 e. The van der Waals surface area contributed by atoms with Gasteiger partial charge in [-0.15, -0.1) is 0 Å². The molecule has 6 nitrogen and oxygen atoms in total. The molecule has 2 rings (SSSR count). The fraction of sp³-hybridized carbons (Fsp3) is 0.917. The summed E-state index contributed by atoms with van der Waals surface area (Å²) in [5.74, 6) is 0.181. The number of hydrogen-bond donors (Lipinski definition) is 1. The van der Waals surface area contributed by atoms with Crippen LogP contribution < -0.4 is 5.32 Å². The highest BCUT2D eigenvalue weighted by Crippen LogP contribution is 1.97. The van der Waals surface area contributed by atoms with Gasteiger partial charge in [0, 0.05) is 39.3 Å². The molecule has 2 saturated heterocycles. The molecule has 0 aromatic carbocycles. The van der Waals surface area contributed by atoms with E-state index in [1.54, 1.807) is 0 Å². The summed E-state index contributed by atoms with van der Waals surface area (Å²) < 4.78 is 10.5. The van der Waals surface area contributed by atoms with Crippen LogP contribution in [0.5, 0.6) is 0 Å². The Morgan fingerprint density at radius 1 is 1.00 bits per heavy atom. The Kier molecular flexibility index (Phi) is 5.86. The van der Waals surface area contributed by atoms with Crippen molar-refractivity contribution in [1.82, 2.24) is 15.1 Å². The zero-order valence-electron chi connectivity index (χ0n) is 10.9. The number of ether oxygens (including phenoxy) is 2. The summed E-state index contributed by atoms with van der Waals surface area (Å²) in [6, 6.07) is 0. The van der Waals surface area contributed by atoms with Gasteiger partial charge in [-0.05, 0) is 0 Å². The molecule has 104 valence electrons. The monoisotopic (exact) mass is 257 g/mol. The minimum atomic E-state index is 0.181. The average molecular weight is 257 g/mol. The van der Waals surface area contributed by atoms with Crippen LogP contribution in [0.1, 0.15) is 0 Å². The molecule has 1 amide bonds. The smallest absolute Gasteiger partial charge is 0.236 e. The van der Waals surface area contributed by atoms with E-state index in [9.17, 15) is 4.79 Å². The summed E-state index contributed by atoms with van der Waals surface area (Å²) in [4.78, 5) is 16.0. The van der Waals surface area contributed by atoms with E-state index in [-0.39, 0.29) is 5.91 Å². The fourth-order valence-corrected chi connectivity index (χ4v) is 2.18. The van der Waals surface area contributed by atoms with Crippen molar-refractivity contribution in [3.8, 4) is 0 Å². The van der Waals surface area contributed by atoms with Crippen LogP contribution in [0.4, 0.5) is 0 Å². The van der Waals surface area contributed by atoms with E-state index in [0.717, 1.165) is 52.5 Å². The summed E-state index contributed by atoms with van der Waals surface area (Å²) in [5, 5.41) is 3.22. The second kappa shape index (κ2) is 7.68. The van der Waals surface area contributed by atoms with Crippen molar-refractivity contribution in [2.75, 3.05) is 72.2 Å². The van der Waals surface area contributed by atoms with Crippen molar-refractivity contribution in [2.45, 2.75) is 0 Å². The maximum atomic E-state index is 11.8. The lowest BCUT2D eigenvalue weighted by molar-refractivity contribution is -0.134. The SMILES string of the molecule is O=C(CNCCN1CCOCC1)N1CCOCC1. The molecule has 1 N–H and O–H groups in total. The highest BCUT2D eigenvalue weighted by Gasteiger charge is 2.16. The molecule has 2 aliphatic heterocycles. The van der Waals surface area contributed by atoms with Gasteiger partial charge in [-0.2, -0.15) is 0 Å². The highest BCUT2D eigenvalue weighted by atomic mass is 16.5. The van der Waals surface area contributed by atoms with E-state index in [1.807, 2.05) is 4.90 Å². The summed E-state index contributed by atoms with van der Waals surface area (Å²) in [7, 11) is 0. The molecule has 0 atom stereocenters. The third-order valence-electron chi connectivity index (χ3n) is 3.35. The lowest BCUT2D eigenvalue weighted by atomic mass is 10.4. The number of nitrogens with one attached hydrogen (secondary N) is 1. The predicted octanol–water partition coefficient (Wildman–Crippen LogP) is -1.23. The fourth-order valence-electron chi connectivity index (χ4n) is 2.18. The summed E-state index contributed by atoms with van der Waals surface area (Å²) in [6.07, 6.45) is 0. The Labute approximate surface area is 108 Å². The molecular weight excluding hydrogens is 234 g/mol. The van der Waals surface area contributed by atoms with E-state index in [0.29, 0.717) is 19.8 Å².